The van der Waals surface area contributed by atoms with Crippen molar-refractivity contribution in [1.82, 2.24) is 39.8 Å². The van der Waals surface area contributed by atoms with Gasteiger partial charge in [-0.1, -0.05) is 82.5 Å². The van der Waals surface area contributed by atoms with Gasteiger partial charge in [0.25, 0.3) is 0 Å². The smallest absolute Gasteiger partial charge is 0.243 e. The van der Waals surface area contributed by atoms with Crippen molar-refractivity contribution in [1.29, 1.82) is 0 Å². The van der Waals surface area contributed by atoms with E-state index in [0.29, 0.717) is 84.7 Å². The molecule has 4 N–H and O–H groups in total. The summed E-state index contributed by atoms with van der Waals surface area (Å²) in [6.45, 7) is 16.6. The van der Waals surface area contributed by atoms with E-state index in [1.54, 1.807) is 11.3 Å². The van der Waals surface area contributed by atoms with Gasteiger partial charge >= 0.3 is 0 Å². The number of amides is 2. The molecular formula is C65H89N9O10S. The first-order valence-corrected chi connectivity index (χ1v) is 31.4. The highest BCUT2D eigenvalue weighted by atomic mass is 32.1. The van der Waals surface area contributed by atoms with Gasteiger partial charge in [-0.2, -0.15) is 5.10 Å². The number of hydrogen-bond acceptors (Lipinski definition) is 17. The van der Waals surface area contributed by atoms with Crippen LogP contribution in [0.1, 0.15) is 115 Å². The van der Waals surface area contributed by atoms with E-state index >= 15 is 0 Å². The van der Waals surface area contributed by atoms with Gasteiger partial charge in [0.05, 0.1) is 86.5 Å². The third-order valence-electron chi connectivity index (χ3n) is 15.8. The number of aromatic nitrogens is 5. The summed E-state index contributed by atoms with van der Waals surface area (Å²) in [6.07, 6.45) is 10.2. The van der Waals surface area contributed by atoms with E-state index in [4.69, 9.17) is 39.3 Å². The van der Waals surface area contributed by atoms with Crippen molar-refractivity contribution in [3.63, 3.8) is 0 Å². The number of aryl methyl sites for hydroxylation is 1. The Balaban J connectivity index is 0.576. The van der Waals surface area contributed by atoms with E-state index in [2.05, 4.69) is 29.9 Å². The van der Waals surface area contributed by atoms with Crippen LogP contribution in [0.5, 0.6) is 11.5 Å². The van der Waals surface area contributed by atoms with Crippen molar-refractivity contribution in [2.24, 2.45) is 11.3 Å². The lowest BCUT2D eigenvalue weighted by Gasteiger charge is -2.34. The Labute approximate surface area is 505 Å². The molecule has 20 heteroatoms. The summed E-state index contributed by atoms with van der Waals surface area (Å²) in [5.74, 6) is 0.799. The van der Waals surface area contributed by atoms with Crippen LogP contribution >= 0.6 is 11.3 Å². The van der Waals surface area contributed by atoms with Crippen molar-refractivity contribution in [3.8, 4) is 33.2 Å². The SMILES string of the molecule is Cc1ncsc1-c1ccc(CNC(=O)[C@@H]2C[C@@H](O)CN2C(=O)[C@@H](CC(=O)CCCCCOCCOCCOCCOCCOCCCCCCN2CCC(n3nc(-c4ccc(Oc5ccccc5)cc4)c4c(N)ncnc43)CC2)C(C)(C)C)cc1. The number of ketones is 1. The third-order valence-corrected chi connectivity index (χ3v) is 16.8. The lowest BCUT2D eigenvalue weighted by Crippen LogP contribution is -2.50. The zero-order valence-electron chi connectivity index (χ0n) is 50.3. The zero-order chi connectivity index (χ0) is 59.8. The average molecular weight is 1190 g/mol. The van der Waals surface area contributed by atoms with Crippen LogP contribution in [0, 0.1) is 18.3 Å². The number of benzene rings is 3. The molecule has 2 aliphatic rings. The van der Waals surface area contributed by atoms with Crippen LogP contribution in [-0.4, -0.2) is 162 Å². The summed E-state index contributed by atoms with van der Waals surface area (Å²) >= 11 is 1.59. The summed E-state index contributed by atoms with van der Waals surface area (Å²) in [7, 11) is 0. The molecule has 3 atom stereocenters. The minimum absolute atomic E-state index is 0.0205. The Hall–Kier alpha value is -6.23. The van der Waals surface area contributed by atoms with E-state index < -0.39 is 23.5 Å². The second kappa shape index (κ2) is 33.6. The number of nitrogen functional groups attached to an aromatic ring is 1. The molecule has 2 aliphatic heterocycles. The molecule has 19 nitrogen and oxygen atoms in total. The molecule has 3 aromatic carbocycles. The highest BCUT2D eigenvalue weighted by Gasteiger charge is 2.44. The number of nitrogens with two attached hydrogens (primary N) is 1. The van der Waals surface area contributed by atoms with Crippen LogP contribution in [0.3, 0.4) is 0 Å². The van der Waals surface area contributed by atoms with Gasteiger partial charge in [-0.3, -0.25) is 14.4 Å². The monoisotopic (exact) mass is 1190 g/mol. The number of fused-ring (bicyclic) bond motifs is 1. The van der Waals surface area contributed by atoms with Crippen LogP contribution in [0.4, 0.5) is 5.82 Å². The summed E-state index contributed by atoms with van der Waals surface area (Å²) in [5, 5.41) is 19.5. The highest BCUT2D eigenvalue weighted by molar-refractivity contribution is 7.13. The first-order chi connectivity index (χ1) is 41.3. The molecule has 2 amide bonds. The van der Waals surface area contributed by atoms with Crippen molar-refractivity contribution in [3.05, 3.63) is 102 Å². The lowest BCUT2D eigenvalue weighted by molar-refractivity contribution is -0.146. The first-order valence-electron chi connectivity index (χ1n) is 30.5. The molecule has 6 aromatic rings. The minimum Gasteiger partial charge on any atom is -0.457 e. The van der Waals surface area contributed by atoms with Crippen LogP contribution in [0.15, 0.2) is 90.7 Å². The number of hydrogen-bond donors (Lipinski definition) is 3. The van der Waals surface area contributed by atoms with Gasteiger partial charge in [0, 0.05) is 70.1 Å². The molecule has 5 heterocycles. The Bertz CT molecular complexity index is 2960. The van der Waals surface area contributed by atoms with Gasteiger partial charge in [0.15, 0.2) is 5.65 Å². The predicted octanol–water partition coefficient (Wildman–Crippen LogP) is 10.0. The summed E-state index contributed by atoms with van der Waals surface area (Å²) in [4.78, 5) is 59.2. The number of aliphatic hydroxyl groups is 1. The zero-order valence-corrected chi connectivity index (χ0v) is 51.1. The number of carbonyl (C=O) groups excluding carboxylic acids is 3. The number of ether oxygens (including phenoxy) is 6. The maximum Gasteiger partial charge on any atom is 0.243 e. The molecule has 0 saturated carbocycles. The number of rotatable bonds is 36. The molecule has 0 unspecified atom stereocenters. The topological polar surface area (TPSA) is 228 Å². The fourth-order valence-corrected chi connectivity index (χ4v) is 11.8. The Morgan fingerprint density at radius 2 is 1.33 bits per heavy atom. The maximum absolute atomic E-state index is 14.1. The standard InChI is InChI=1S/C65H89N9O10S/c1-47-60(85-46-70-47)50-20-18-48(19-21-50)43-67-63(77)57-42-53(76)44-73(57)64(78)56(65(2,3)4)41-52(75)15-9-8-14-32-80-34-36-82-38-40-83-39-37-81-35-33-79-31-13-6-5-12-28-72-29-26-51(27-30-72)74-62-58(61(66)68-45-69-62)59(71-74)49-22-24-55(25-23-49)84-54-16-10-7-11-17-54/h7,10-11,16-25,45-46,51,53,56-57,76H,5-6,8-9,12-15,26-44H2,1-4H3,(H,67,77)(H2,66,68,69)/t53-,56-,57+/m1/s1. The van der Waals surface area contributed by atoms with Crippen molar-refractivity contribution >= 4 is 45.8 Å². The Morgan fingerprint density at radius 1 is 0.729 bits per heavy atom. The van der Waals surface area contributed by atoms with Crippen LogP contribution in [0.25, 0.3) is 32.7 Å². The second-order valence-corrected chi connectivity index (χ2v) is 24.1. The molecule has 3 aromatic heterocycles. The van der Waals surface area contributed by atoms with Crippen LogP contribution < -0.4 is 15.8 Å². The number of Topliss-reactive ketones (excluding diaryl/α,β-unsaturated/α-hetero) is 1. The molecule has 0 radical (unpaired) electrons. The maximum atomic E-state index is 14.1. The number of para-hydroxylation sites is 1. The molecular weight excluding hydrogens is 1100 g/mol. The van der Waals surface area contributed by atoms with E-state index in [-0.39, 0.29) is 43.0 Å². The van der Waals surface area contributed by atoms with Crippen LogP contribution in [0.2, 0.25) is 0 Å². The number of nitrogens with one attached hydrogen (secondary N) is 1. The van der Waals surface area contributed by atoms with Crippen LogP contribution in [-0.2, 0) is 44.6 Å². The van der Waals surface area contributed by atoms with Gasteiger partial charge in [0.1, 0.15) is 41.2 Å². The normalized spacial score (nSPS) is 16.3. The number of carbonyl (C=O) groups is 3. The van der Waals surface area contributed by atoms with Gasteiger partial charge < -0.3 is 54.4 Å². The number of β-amino-alcohol motifs (C(OH)–C–C–N with tert-alkyl or cyclic N) is 1. The predicted molar refractivity (Wildman–Crippen MR) is 330 cm³/mol. The Morgan fingerprint density at radius 3 is 1.95 bits per heavy atom. The number of likely N-dealkylation sites (tertiary alicyclic amines) is 2. The molecule has 460 valence electrons. The van der Waals surface area contributed by atoms with Gasteiger partial charge in [-0.05, 0) is 105 Å². The van der Waals surface area contributed by atoms with Gasteiger partial charge in [-0.15, -0.1) is 11.3 Å². The lowest BCUT2D eigenvalue weighted by atomic mass is 9.76. The summed E-state index contributed by atoms with van der Waals surface area (Å²) in [5.41, 5.74) is 13.2. The number of aliphatic hydroxyl groups excluding tert-OH is 1. The largest absolute Gasteiger partial charge is 0.457 e. The second-order valence-electron chi connectivity index (χ2n) is 23.3. The first kappa shape index (κ1) is 64.8. The fraction of sp³-hybridized carbons (Fsp3) is 0.554. The molecule has 0 bridgehead atoms. The molecule has 8 rings (SSSR count). The average Bonchev–Trinajstić information content (AvgIpc) is 2.17. The number of anilines is 1. The quantitative estimate of drug-likeness (QED) is 0.0311. The van der Waals surface area contributed by atoms with Gasteiger partial charge in [-0.25, -0.2) is 19.6 Å². The number of piperidine rings is 1. The number of unbranched alkanes of at least 4 members (excludes halogenated alkanes) is 5. The fourth-order valence-electron chi connectivity index (χ4n) is 11.0. The molecule has 2 fully saturated rings. The molecule has 0 spiro atoms. The van der Waals surface area contributed by atoms with E-state index in [1.807, 2.05) is 112 Å². The van der Waals surface area contributed by atoms with E-state index in [1.165, 1.54) is 24.1 Å². The number of thiazole rings is 1. The molecule has 85 heavy (non-hydrogen) atoms. The van der Waals surface area contributed by atoms with Crippen molar-refractivity contribution in [2.75, 3.05) is 98.0 Å². The molecule has 0 aliphatic carbocycles. The van der Waals surface area contributed by atoms with Gasteiger partial charge in [0.2, 0.25) is 11.8 Å². The highest BCUT2D eigenvalue weighted by Crippen LogP contribution is 2.37. The Kier molecular flexibility index (Phi) is 25.6. The summed E-state index contributed by atoms with van der Waals surface area (Å²) < 4.78 is 36.6. The number of nitrogens with zero attached hydrogens (tertiary/aromatic N) is 7. The third kappa shape index (κ3) is 19.9. The summed E-state index contributed by atoms with van der Waals surface area (Å²) in [6, 6.07) is 25.1. The minimum atomic E-state index is -0.812. The van der Waals surface area contributed by atoms with E-state index in [0.717, 1.165) is 120 Å². The van der Waals surface area contributed by atoms with E-state index in [9.17, 15) is 19.5 Å². The van der Waals surface area contributed by atoms with Crippen molar-refractivity contribution in [2.45, 2.75) is 129 Å². The molecule has 2 saturated heterocycles. The van der Waals surface area contributed by atoms with Crippen molar-refractivity contribution < 1.29 is 47.9 Å².